The van der Waals surface area contributed by atoms with Crippen LogP contribution in [0.25, 0.3) is 0 Å². The first-order valence-electron chi connectivity index (χ1n) is 4.30. The number of hydrogen-bond acceptors (Lipinski definition) is 3. The number of furan rings is 1. The Morgan fingerprint density at radius 1 is 1.67 bits per heavy atom. The van der Waals surface area contributed by atoms with E-state index in [2.05, 4.69) is 10.2 Å². The molecule has 0 radical (unpaired) electrons. The predicted octanol–water partition coefficient (Wildman–Crippen LogP) is 0.683. The molecule has 0 aromatic carbocycles. The van der Waals surface area contributed by atoms with Gasteiger partial charge >= 0.3 is 0 Å². The molecule has 0 unspecified atom stereocenters. The van der Waals surface area contributed by atoms with Crippen molar-refractivity contribution in [2.75, 3.05) is 20.1 Å². The van der Waals surface area contributed by atoms with E-state index in [-0.39, 0.29) is 0 Å². The summed E-state index contributed by atoms with van der Waals surface area (Å²) in [7, 11) is 2.01. The maximum absolute atomic E-state index is 5.25. The van der Waals surface area contributed by atoms with Crippen molar-refractivity contribution in [2.45, 2.75) is 12.6 Å². The van der Waals surface area contributed by atoms with Crippen LogP contribution in [-0.4, -0.2) is 31.1 Å². The minimum absolute atomic E-state index is 0.681. The maximum Gasteiger partial charge on any atom is 0.117 e. The number of likely N-dealkylation sites (N-methyl/N-ethyl adjacent to an activating group) is 1. The van der Waals surface area contributed by atoms with Gasteiger partial charge in [0.05, 0.1) is 12.8 Å². The zero-order valence-corrected chi connectivity index (χ0v) is 7.29. The number of hydrogen-bond donors (Lipinski definition) is 1. The van der Waals surface area contributed by atoms with Crippen LogP contribution in [0.15, 0.2) is 22.8 Å². The summed E-state index contributed by atoms with van der Waals surface area (Å²) in [6, 6.07) is 4.64. The summed E-state index contributed by atoms with van der Waals surface area (Å²) in [5.41, 5.74) is 0. The summed E-state index contributed by atoms with van der Waals surface area (Å²) >= 11 is 0. The molecule has 0 atom stereocenters. The number of nitrogens with zero attached hydrogens (tertiary/aromatic N) is 1. The Morgan fingerprint density at radius 2 is 2.50 bits per heavy atom. The fraction of sp³-hybridized carbons (Fsp3) is 0.556. The molecule has 3 heteroatoms. The highest BCUT2D eigenvalue weighted by molar-refractivity contribution is 4.99. The third kappa shape index (κ3) is 1.52. The third-order valence-corrected chi connectivity index (χ3v) is 2.32. The molecule has 1 aromatic rings. The van der Waals surface area contributed by atoms with Gasteiger partial charge in [0.25, 0.3) is 0 Å². The molecule has 1 fully saturated rings. The Morgan fingerprint density at radius 3 is 3.08 bits per heavy atom. The normalized spacial score (nSPS) is 19.4. The highest BCUT2D eigenvalue weighted by atomic mass is 16.3. The van der Waals surface area contributed by atoms with Gasteiger partial charge in [0, 0.05) is 19.1 Å². The van der Waals surface area contributed by atoms with E-state index >= 15 is 0 Å². The Balaban J connectivity index is 1.77. The van der Waals surface area contributed by atoms with E-state index < -0.39 is 0 Å². The van der Waals surface area contributed by atoms with Gasteiger partial charge in [0.2, 0.25) is 0 Å². The Kier molecular flexibility index (Phi) is 2.15. The van der Waals surface area contributed by atoms with E-state index in [1.165, 1.54) is 0 Å². The number of nitrogens with one attached hydrogen (secondary N) is 1. The summed E-state index contributed by atoms with van der Waals surface area (Å²) in [5, 5.41) is 3.24. The second-order valence-electron chi connectivity index (χ2n) is 3.26. The summed E-state index contributed by atoms with van der Waals surface area (Å²) in [6.07, 6.45) is 1.73. The zero-order valence-electron chi connectivity index (χ0n) is 7.29. The van der Waals surface area contributed by atoms with Crippen LogP contribution in [0.5, 0.6) is 0 Å². The molecule has 1 aliphatic rings. The van der Waals surface area contributed by atoms with Gasteiger partial charge < -0.3 is 9.73 Å². The minimum Gasteiger partial charge on any atom is -0.468 e. The van der Waals surface area contributed by atoms with Gasteiger partial charge in [-0.2, -0.15) is 0 Å². The van der Waals surface area contributed by atoms with Crippen molar-refractivity contribution in [3.63, 3.8) is 0 Å². The fourth-order valence-corrected chi connectivity index (χ4v) is 1.50. The van der Waals surface area contributed by atoms with Crippen molar-refractivity contribution in [1.82, 2.24) is 10.2 Å². The van der Waals surface area contributed by atoms with Crippen LogP contribution in [0.4, 0.5) is 0 Å². The predicted molar refractivity (Wildman–Crippen MR) is 46.8 cm³/mol. The molecule has 1 aromatic heterocycles. The van der Waals surface area contributed by atoms with Gasteiger partial charge in [-0.1, -0.05) is 0 Å². The largest absolute Gasteiger partial charge is 0.468 e. The molecule has 12 heavy (non-hydrogen) atoms. The lowest BCUT2D eigenvalue weighted by Gasteiger charge is -2.38. The lowest BCUT2D eigenvalue weighted by atomic mass is 10.1. The summed E-state index contributed by atoms with van der Waals surface area (Å²) in [4.78, 5) is 2.36. The van der Waals surface area contributed by atoms with Crippen molar-refractivity contribution in [2.24, 2.45) is 0 Å². The quantitative estimate of drug-likeness (QED) is 0.716. The average molecular weight is 166 g/mol. The number of rotatable bonds is 3. The first-order valence-corrected chi connectivity index (χ1v) is 4.30. The molecule has 0 amide bonds. The number of likely N-dealkylation sites (tertiary alicyclic amines) is 1. The molecule has 0 saturated carbocycles. The lowest BCUT2D eigenvalue weighted by molar-refractivity contribution is 0.114. The fourth-order valence-electron chi connectivity index (χ4n) is 1.50. The van der Waals surface area contributed by atoms with Crippen molar-refractivity contribution in [3.8, 4) is 0 Å². The molecular formula is C9H14N2O. The Hall–Kier alpha value is -0.800. The zero-order chi connectivity index (χ0) is 8.39. The first-order chi connectivity index (χ1) is 5.88. The van der Waals surface area contributed by atoms with E-state index in [4.69, 9.17) is 4.42 Å². The average Bonchev–Trinajstić information content (AvgIpc) is 2.47. The lowest BCUT2D eigenvalue weighted by Crippen LogP contribution is -2.56. The second kappa shape index (κ2) is 3.29. The smallest absolute Gasteiger partial charge is 0.117 e. The highest BCUT2D eigenvalue weighted by Gasteiger charge is 2.25. The molecule has 3 nitrogen and oxygen atoms in total. The van der Waals surface area contributed by atoms with E-state index in [9.17, 15) is 0 Å². The molecule has 66 valence electrons. The molecule has 0 spiro atoms. The van der Waals surface area contributed by atoms with Gasteiger partial charge in [-0.15, -0.1) is 0 Å². The van der Waals surface area contributed by atoms with Gasteiger partial charge in [-0.3, -0.25) is 4.90 Å². The summed E-state index contributed by atoms with van der Waals surface area (Å²) in [5.74, 6) is 1.06. The van der Waals surface area contributed by atoms with E-state index in [1.807, 2.05) is 19.2 Å². The Labute approximate surface area is 72.4 Å². The van der Waals surface area contributed by atoms with Crippen LogP contribution in [-0.2, 0) is 6.54 Å². The Bertz CT molecular complexity index is 227. The standard InChI is InChI=1S/C9H14N2O/c1-10-8-5-11(6-8)7-9-3-2-4-12-9/h2-4,8,10H,5-7H2,1H3. The monoisotopic (exact) mass is 166 g/mol. The topological polar surface area (TPSA) is 28.4 Å². The van der Waals surface area contributed by atoms with Crippen LogP contribution < -0.4 is 5.32 Å². The molecular weight excluding hydrogens is 152 g/mol. The molecule has 2 heterocycles. The molecule has 0 aliphatic carbocycles. The van der Waals surface area contributed by atoms with E-state index in [0.717, 1.165) is 25.4 Å². The van der Waals surface area contributed by atoms with Gasteiger partial charge in [-0.05, 0) is 19.2 Å². The van der Waals surface area contributed by atoms with Gasteiger partial charge in [0.1, 0.15) is 5.76 Å². The van der Waals surface area contributed by atoms with Crippen LogP contribution in [0.2, 0.25) is 0 Å². The SMILES string of the molecule is CNC1CN(Cc2ccco2)C1. The molecule has 0 bridgehead atoms. The van der Waals surface area contributed by atoms with Crippen molar-refractivity contribution >= 4 is 0 Å². The third-order valence-electron chi connectivity index (χ3n) is 2.32. The van der Waals surface area contributed by atoms with Crippen LogP contribution in [0.1, 0.15) is 5.76 Å². The molecule has 1 aliphatic heterocycles. The minimum atomic E-state index is 0.681. The molecule has 1 N–H and O–H groups in total. The molecule has 2 rings (SSSR count). The van der Waals surface area contributed by atoms with Crippen LogP contribution in [0, 0.1) is 0 Å². The second-order valence-corrected chi connectivity index (χ2v) is 3.26. The van der Waals surface area contributed by atoms with Crippen molar-refractivity contribution in [3.05, 3.63) is 24.2 Å². The van der Waals surface area contributed by atoms with Crippen molar-refractivity contribution in [1.29, 1.82) is 0 Å². The molecule has 1 saturated heterocycles. The van der Waals surface area contributed by atoms with Gasteiger partial charge in [0.15, 0.2) is 0 Å². The maximum atomic E-state index is 5.25. The highest BCUT2D eigenvalue weighted by Crippen LogP contribution is 2.12. The summed E-state index contributed by atoms with van der Waals surface area (Å²) in [6.45, 7) is 3.22. The van der Waals surface area contributed by atoms with E-state index in [1.54, 1.807) is 6.26 Å². The van der Waals surface area contributed by atoms with E-state index in [0.29, 0.717) is 6.04 Å². The first kappa shape index (κ1) is 7.83. The summed E-state index contributed by atoms with van der Waals surface area (Å²) < 4.78 is 5.25. The van der Waals surface area contributed by atoms with Gasteiger partial charge in [-0.25, -0.2) is 0 Å². The van der Waals surface area contributed by atoms with Crippen molar-refractivity contribution < 1.29 is 4.42 Å². The van der Waals surface area contributed by atoms with Crippen LogP contribution in [0.3, 0.4) is 0 Å². The van der Waals surface area contributed by atoms with Crippen LogP contribution >= 0.6 is 0 Å².